The van der Waals surface area contributed by atoms with Crippen molar-refractivity contribution in [3.8, 4) is 0 Å². The zero-order valence-electron chi connectivity index (χ0n) is 10.8. The summed E-state index contributed by atoms with van der Waals surface area (Å²) in [6, 6.07) is 7.24. The fourth-order valence-electron chi connectivity index (χ4n) is 3.51. The summed E-state index contributed by atoms with van der Waals surface area (Å²) in [5.74, 6) is 0. The highest BCUT2D eigenvalue weighted by molar-refractivity contribution is 9.10. The number of halogens is 1. The zero-order valence-corrected chi connectivity index (χ0v) is 12.4. The van der Waals surface area contributed by atoms with Crippen molar-refractivity contribution >= 4 is 32.4 Å². The third kappa shape index (κ3) is 1.96. The number of rotatable bonds is 1. The number of nitrogens with one attached hydrogen (secondary N) is 1. The second kappa shape index (κ2) is 4.50. The van der Waals surface area contributed by atoms with E-state index in [4.69, 9.17) is 0 Å². The van der Waals surface area contributed by atoms with Crippen LogP contribution in [0.5, 0.6) is 0 Å². The van der Waals surface area contributed by atoms with Gasteiger partial charge >= 0.3 is 0 Å². The largest absolute Gasteiger partial charge is 0.361 e. The molecule has 3 heterocycles. The first-order valence-electron chi connectivity index (χ1n) is 7.01. The summed E-state index contributed by atoms with van der Waals surface area (Å²) < 4.78 is 1.15. The number of benzene rings is 1. The smallest absolute Gasteiger partial charge is 0.0461 e. The molecule has 2 aliphatic heterocycles. The normalized spacial score (nSPS) is 23.6. The molecule has 0 spiro atoms. The SMILES string of the molecule is Brc1ccc2[nH]cc(C3=CCN4CCCC4C3)c2c1. The predicted octanol–water partition coefficient (Wildman–Crippen LogP) is 4.18. The summed E-state index contributed by atoms with van der Waals surface area (Å²) >= 11 is 3.58. The molecular formula is C16H17BrN2. The van der Waals surface area contributed by atoms with E-state index < -0.39 is 0 Å². The van der Waals surface area contributed by atoms with Crippen molar-refractivity contribution in [1.82, 2.24) is 9.88 Å². The number of hydrogen-bond acceptors (Lipinski definition) is 1. The van der Waals surface area contributed by atoms with Gasteiger partial charge in [-0.05, 0) is 49.6 Å². The summed E-state index contributed by atoms with van der Waals surface area (Å²) in [4.78, 5) is 6.02. The van der Waals surface area contributed by atoms with Gasteiger partial charge in [0.15, 0.2) is 0 Å². The van der Waals surface area contributed by atoms with Crippen LogP contribution in [0.4, 0.5) is 0 Å². The average Bonchev–Trinajstić information content (AvgIpc) is 3.03. The molecule has 0 radical (unpaired) electrons. The van der Waals surface area contributed by atoms with E-state index in [1.165, 1.54) is 47.8 Å². The minimum absolute atomic E-state index is 0.775. The fraction of sp³-hybridized carbons (Fsp3) is 0.375. The monoisotopic (exact) mass is 316 g/mol. The number of aromatic nitrogens is 1. The summed E-state index contributed by atoms with van der Waals surface area (Å²) in [6.07, 6.45) is 8.53. The Morgan fingerprint density at radius 3 is 3.21 bits per heavy atom. The standard InChI is InChI=1S/C16H17BrN2/c17-12-3-4-16-14(9-12)15(10-18-16)11-5-7-19-6-1-2-13(19)8-11/h3-5,9-10,13,18H,1-2,6-8H2. The minimum atomic E-state index is 0.775. The lowest BCUT2D eigenvalue weighted by atomic mass is 9.94. The highest BCUT2D eigenvalue weighted by atomic mass is 79.9. The highest BCUT2D eigenvalue weighted by Gasteiger charge is 2.28. The molecule has 19 heavy (non-hydrogen) atoms. The van der Waals surface area contributed by atoms with Crippen molar-refractivity contribution in [3.05, 3.63) is 40.5 Å². The Bertz CT molecular complexity index is 656. The van der Waals surface area contributed by atoms with E-state index in [0.717, 1.165) is 17.1 Å². The third-order valence-corrected chi connectivity index (χ3v) is 5.01. The molecule has 3 heteroatoms. The van der Waals surface area contributed by atoms with Crippen LogP contribution in [0.15, 0.2) is 34.9 Å². The van der Waals surface area contributed by atoms with E-state index in [2.05, 4.69) is 56.3 Å². The first-order valence-corrected chi connectivity index (χ1v) is 7.80. The molecule has 2 aliphatic rings. The Morgan fingerprint density at radius 2 is 2.26 bits per heavy atom. The van der Waals surface area contributed by atoms with E-state index in [1.807, 2.05) is 0 Å². The predicted molar refractivity (Wildman–Crippen MR) is 83.2 cm³/mol. The van der Waals surface area contributed by atoms with E-state index in [1.54, 1.807) is 0 Å². The van der Waals surface area contributed by atoms with Gasteiger partial charge in [-0.1, -0.05) is 22.0 Å². The second-order valence-corrected chi connectivity index (χ2v) is 6.53. The van der Waals surface area contributed by atoms with Crippen LogP contribution in [0.25, 0.3) is 16.5 Å². The zero-order chi connectivity index (χ0) is 12.8. The molecular weight excluding hydrogens is 300 g/mol. The van der Waals surface area contributed by atoms with Gasteiger partial charge in [-0.2, -0.15) is 0 Å². The Morgan fingerprint density at radius 1 is 1.32 bits per heavy atom. The summed E-state index contributed by atoms with van der Waals surface area (Å²) in [6.45, 7) is 2.41. The lowest BCUT2D eigenvalue weighted by Gasteiger charge is -2.29. The molecule has 1 aromatic heterocycles. The molecule has 2 nitrogen and oxygen atoms in total. The third-order valence-electron chi connectivity index (χ3n) is 4.52. The van der Waals surface area contributed by atoms with E-state index in [-0.39, 0.29) is 0 Å². The molecule has 1 N–H and O–H groups in total. The summed E-state index contributed by atoms with van der Waals surface area (Å²) in [7, 11) is 0. The minimum Gasteiger partial charge on any atom is -0.361 e. The average molecular weight is 317 g/mol. The maximum absolute atomic E-state index is 3.58. The van der Waals surface area contributed by atoms with Crippen LogP contribution in [0, 0.1) is 0 Å². The van der Waals surface area contributed by atoms with Crippen molar-refractivity contribution in [3.63, 3.8) is 0 Å². The molecule has 4 rings (SSSR count). The molecule has 1 saturated heterocycles. The molecule has 1 aromatic carbocycles. The van der Waals surface area contributed by atoms with Crippen molar-refractivity contribution < 1.29 is 0 Å². The van der Waals surface area contributed by atoms with Gasteiger partial charge in [0, 0.05) is 39.7 Å². The van der Waals surface area contributed by atoms with Crippen molar-refractivity contribution in [1.29, 1.82) is 0 Å². The Labute approximate surface area is 121 Å². The number of aromatic amines is 1. The molecule has 1 atom stereocenters. The quantitative estimate of drug-likeness (QED) is 0.836. The second-order valence-electron chi connectivity index (χ2n) is 5.62. The number of fused-ring (bicyclic) bond motifs is 2. The van der Waals surface area contributed by atoms with Crippen LogP contribution >= 0.6 is 15.9 Å². The first-order chi connectivity index (χ1) is 9.31. The maximum Gasteiger partial charge on any atom is 0.0461 e. The van der Waals surface area contributed by atoms with Crippen molar-refractivity contribution in [2.45, 2.75) is 25.3 Å². The molecule has 0 amide bonds. The van der Waals surface area contributed by atoms with Crippen LogP contribution in [0.1, 0.15) is 24.8 Å². The summed E-state index contributed by atoms with van der Waals surface area (Å²) in [5.41, 5.74) is 4.14. The lowest BCUT2D eigenvalue weighted by Crippen LogP contribution is -2.32. The molecule has 1 unspecified atom stereocenters. The van der Waals surface area contributed by atoms with Gasteiger partial charge in [0.2, 0.25) is 0 Å². The van der Waals surface area contributed by atoms with Gasteiger partial charge in [-0.3, -0.25) is 4.90 Å². The van der Waals surface area contributed by atoms with Crippen LogP contribution in [-0.2, 0) is 0 Å². The van der Waals surface area contributed by atoms with Gasteiger partial charge in [-0.25, -0.2) is 0 Å². The number of H-pyrrole nitrogens is 1. The Kier molecular flexibility index (Phi) is 2.78. The van der Waals surface area contributed by atoms with Crippen molar-refractivity contribution in [2.24, 2.45) is 0 Å². The molecule has 0 bridgehead atoms. The number of hydrogen-bond donors (Lipinski definition) is 1. The van der Waals surface area contributed by atoms with Gasteiger partial charge in [-0.15, -0.1) is 0 Å². The van der Waals surface area contributed by atoms with Crippen LogP contribution in [0.3, 0.4) is 0 Å². The van der Waals surface area contributed by atoms with Gasteiger partial charge in [0.05, 0.1) is 0 Å². The Hall–Kier alpha value is -1.06. The van der Waals surface area contributed by atoms with Gasteiger partial charge in [0.25, 0.3) is 0 Å². The maximum atomic E-state index is 3.58. The number of nitrogens with zero attached hydrogens (tertiary/aromatic N) is 1. The van der Waals surface area contributed by atoms with Gasteiger partial charge < -0.3 is 4.98 Å². The van der Waals surface area contributed by atoms with Crippen LogP contribution in [-0.4, -0.2) is 29.0 Å². The van der Waals surface area contributed by atoms with Crippen molar-refractivity contribution in [2.75, 3.05) is 13.1 Å². The lowest BCUT2D eigenvalue weighted by molar-refractivity contribution is 0.275. The highest BCUT2D eigenvalue weighted by Crippen LogP contribution is 2.35. The first kappa shape index (κ1) is 11.7. The van der Waals surface area contributed by atoms with E-state index in [0.29, 0.717) is 0 Å². The Balaban J connectivity index is 1.76. The van der Waals surface area contributed by atoms with Gasteiger partial charge in [0.1, 0.15) is 0 Å². The topological polar surface area (TPSA) is 19.0 Å². The molecule has 1 fully saturated rings. The van der Waals surface area contributed by atoms with E-state index in [9.17, 15) is 0 Å². The fourth-order valence-corrected chi connectivity index (χ4v) is 3.87. The summed E-state index contributed by atoms with van der Waals surface area (Å²) in [5, 5.41) is 1.34. The van der Waals surface area contributed by atoms with Crippen LogP contribution < -0.4 is 0 Å². The molecule has 0 saturated carbocycles. The van der Waals surface area contributed by atoms with Crippen LogP contribution in [0.2, 0.25) is 0 Å². The molecule has 2 aromatic rings. The molecule has 98 valence electrons. The molecule has 0 aliphatic carbocycles. The van der Waals surface area contributed by atoms with E-state index >= 15 is 0 Å².